The zero-order valence-corrected chi connectivity index (χ0v) is 11.1. The van der Waals surface area contributed by atoms with Crippen LogP contribution in [0.5, 0.6) is 0 Å². The monoisotopic (exact) mass is 276 g/mol. The highest BCUT2D eigenvalue weighted by molar-refractivity contribution is 8.18. The predicted octanol–water partition coefficient (Wildman–Crippen LogP) is 1.52. The van der Waals surface area contributed by atoms with E-state index in [1.165, 1.54) is 0 Å². The number of nitrogens with two attached hydrogens (primary N) is 1. The van der Waals surface area contributed by atoms with E-state index in [-0.39, 0.29) is 6.54 Å². The smallest absolute Gasteiger partial charge is 0.294 e. The Kier molecular flexibility index (Phi) is 3.71. The average Bonchev–Trinajstić information content (AvgIpc) is 2.60. The van der Waals surface area contributed by atoms with E-state index in [0.717, 1.165) is 27.8 Å². The van der Waals surface area contributed by atoms with Crippen molar-refractivity contribution in [1.82, 2.24) is 4.90 Å². The van der Waals surface area contributed by atoms with E-state index in [0.29, 0.717) is 4.91 Å². The third kappa shape index (κ3) is 3.03. The van der Waals surface area contributed by atoms with Crippen molar-refractivity contribution in [3.63, 3.8) is 0 Å². The van der Waals surface area contributed by atoms with E-state index < -0.39 is 17.1 Å². The van der Waals surface area contributed by atoms with Gasteiger partial charge in [0.1, 0.15) is 6.54 Å². The molecule has 1 saturated heterocycles. The molecule has 0 aliphatic carbocycles. The Bertz CT molecular complexity index is 578. The molecular weight excluding hydrogens is 264 g/mol. The number of benzene rings is 1. The summed E-state index contributed by atoms with van der Waals surface area (Å²) in [5, 5.41) is -0.470. The predicted molar refractivity (Wildman–Crippen MR) is 73.1 cm³/mol. The van der Waals surface area contributed by atoms with Crippen molar-refractivity contribution in [2.24, 2.45) is 5.73 Å². The number of hydrogen-bond acceptors (Lipinski definition) is 4. The summed E-state index contributed by atoms with van der Waals surface area (Å²) < 4.78 is 0. The molecule has 3 amide bonds. The molecular formula is C13H12N2O3S. The molecule has 98 valence electrons. The quantitative estimate of drug-likeness (QED) is 0.849. The normalized spacial score (nSPS) is 17.3. The number of primary amides is 1. The molecule has 1 fully saturated rings. The van der Waals surface area contributed by atoms with Crippen LogP contribution < -0.4 is 5.73 Å². The maximum absolute atomic E-state index is 11.9. The minimum absolute atomic E-state index is 0.301. The van der Waals surface area contributed by atoms with Crippen molar-refractivity contribution in [2.45, 2.75) is 6.92 Å². The molecule has 0 aromatic heterocycles. The van der Waals surface area contributed by atoms with E-state index in [9.17, 15) is 14.4 Å². The highest BCUT2D eigenvalue weighted by atomic mass is 32.2. The van der Waals surface area contributed by atoms with Gasteiger partial charge >= 0.3 is 0 Å². The van der Waals surface area contributed by atoms with Gasteiger partial charge in [-0.1, -0.05) is 29.8 Å². The van der Waals surface area contributed by atoms with Gasteiger partial charge in [0.2, 0.25) is 5.91 Å². The van der Waals surface area contributed by atoms with Crippen molar-refractivity contribution in [3.8, 4) is 0 Å². The van der Waals surface area contributed by atoms with E-state index in [1.807, 2.05) is 31.2 Å². The van der Waals surface area contributed by atoms with E-state index >= 15 is 0 Å². The molecule has 0 radical (unpaired) electrons. The lowest BCUT2D eigenvalue weighted by atomic mass is 10.1. The van der Waals surface area contributed by atoms with Crippen molar-refractivity contribution < 1.29 is 14.4 Å². The molecule has 1 aliphatic heterocycles. The van der Waals surface area contributed by atoms with Gasteiger partial charge in [0.05, 0.1) is 4.91 Å². The molecule has 1 aromatic carbocycles. The molecule has 0 atom stereocenters. The van der Waals surface area contributed by atoms with Crippen LogP contribution in [0.3, 0.4) is 0 Å². The molecule has 0 spiro atoms. The maximum atomic E-state index is 11.9. The molecule has 0 bridgehead atoms. The number of aryl methyl sites for hydroxylation is 1. The van der Waals surface area contributed by atoms with Gasteiger partial charge in [0, 0.05) is 0 Å². The lowest BCUT2D eigenvalue weighted by Gasteiger charge is -2.08. The second-order valence-electron chi connectivity index (χ2n) is 4.14. The summed E-state index contributed by atoms with van der Waals surface area (Å²) in [6, 6.07) is 7.55. The summed E-state index contributed by atoms with van der Waals surface area (Å²) in [4.78, 5) is 35.5. The van der Waals surface area contributed by atoms with Crippen LogP contribution in [0.4, 0.5) is 4.79 Å². The Balaban J connectivity index is 2.23. The molecule has 1 aliphatic rings. The first kappa shape index (κ1) is 13.4. The van der Waals surface area contributed by atoms with Crippen LogP contribution in [0.15, 0.2) is 29.2 Å². The second-order valence-corrected chi connectivity index (χ2v) is 5.14. The number of carbonyl (C=O) groups is 3. The number of hydrogen-bond donors (Lipinski definition) is 1. The number of amides is 3. The summed E-state index contributed by atoms with van der Waals surface area (Å²) in [7, 11) is 0. The Morgan fingerprint density at radius 2 is 1.95 bits per heavy atom. The Morgan fingerprint density at radius 3 is 2.53 bits per heavy atom. The highest BCUT2D eigenvalue weighted by Crippen LogP contribution is 2.31. The van der Waals surface area contributed by atoms with Crippen molar-refractivity contribution >= 4 is 34.9 Å². The van der Waals surface area contributed by atoms with Gasteiger partial charge in [-0.15, -0.1) is 0 Å². The number of nitrogens with zero attached hydrogens (tertiary/aromatic N) is 1. The summed E-state index contributed by atoms with van der Waals surface area (Å²) >= 11 is 0.814. The average molecular weight is 276 g/mol. The minimum Gasteiger partial charge on any atom is -0.368 e. The molecule has 5 nitrogen and oxygen atoms in total. The van der Waals surface area contributed by atoms with E-state index in [4.69, 9.17) is 5.73 Å². The number of thioether (sulfide) groups is 1. The molecule has 2 rings (SSSR count). The van der Waals surface area contributed by atoms with Crippen LogP contribution in [0.25, 0.3) is 6.08 Å². The van der Waals surface area contributed by atoms with Crippen molar-refractivity contribution in [3.05, 3.63) is 40.3 Å². The van der Waals surface area contributed by atoms with Gasteiger partial charge in [0.15, 0.2) is 0 Å². The summed E-state index contributed by atoms with van der Waals surface area (Å²) in [6.07, 6.45) is 1.63. The summed E-state index contributed by atoms with van der Waals surface area (Å²) in [5.74, 6) is -1.19. The minimum atomic E-state index is -0.709. The van der Waals surface area contributed by atoms with Crippen molar-refractivity contribution in [1.29, 1.82) is 0 Å². The van der Waals surface area contributed by atoms with E-state index in [2.05, 4.69) is 0 Å². The van der Waals surface area contributed by atoms with Gasteiger partial charge in [-0.2, -0.15) is 0 Å². The van der Waals surface area contributed by atoms with Gasteiger partial charge in [0.25, 0.3) is 11.1 Å². The van der Waals surface area contributed by atoms with Crippen LogP contribution in [-0.2, 0) is 9.59 Å². The standard InChI is InChI=1S/C13H12N2O3S/c1-8-2-4-9(5-3-8)6-10-12(17)15(7-11(14)16)13(18)19-10/h2-6H,7H2,1H3,(H2,14,16)/b10-6-. The van der Waals surface area contributed by atoms with Gasteiger partial charge in [-0.05, 0) is 30.3 Å². The number of imide groups is 1. The second kappa shape index (κ2) is 5.27. The van der Waals surface area contributed by atoms with Crippen LogP contribution >= 0.6 is 11.8 Å². The Hall–Kier alpha value is -2.08. The number of rotatable bonds is 3. The SMILES string of the molecule is Cc1ccc(/C=C2\SC(=O)N(CC(N)=O)C2=O)cc1. The largest absolute Gasteiger partial charge is 0.368 e. The van der Waals surface area contributed by atoms with Crippen LogP contribution in [0.2, 0.25) is 0 Å². The van der Waals surface area contributed by atoms with Crippen molar-refractivity contribution in [2.75, 3.05) is 6.54 Å². The fourth-order valence-electron chi connectivity index (χ4n) is 1.61. The zero-order valence-electron chi connectivity index (χ0n) is 10.3. The lowest BCUT2D eigenvalue weighted by Crippen LogP contribution is -2.36. The summed E-state index contributed by atoms with van der Waals surface area (Å²) in [6.45, 7) is 1.58. The topological polar surface area (TPSA) is 80.5 Å². The first-order valence-electron chi connectivity index (χ1n) is 5.58. The fraction of sp³-hybridized carbons (Fsp3) is 0.154. The third-order valence-electron chi connectivity index (χ3n) is 2.56. The fourth-order valence-corrected chi connectivity index (χ4v) is 2.44. The molecule has 2 N–H and O–H groups in total. The van der Waals surface area contributed by atoms with Crippen LogP contribution in [0.1, 0.15) is 11.1 Å². The van der Waals surface area contributed by atoms with Crippen LogP contribution in [-0.4, -0.2) is 28.5 Å². The molecule has 19 heavy (non-hydrogen) atoms. The van der Waals surface area contributed by atoms with Gasteiger partial charge < -0.3 is 5.73 Å². The Labute approximate surface area is 114 Å². The van der Waals surface area contributed by atoms with Gasteiger partial charge in [-0.3, -0.25) is 19.3 Å². The van der Waals surface area contributed by atoms with Gasteiger partial charge in [-0.25, -0.2) is 0 Å². The molecule has 1 heterocycles. The molecule has 0 unspecified atom stereocenters. The van der Waals surface area contributed by atoms with E-state index in [1.54, 1.807) is 6.08 Å². The summed E-state index contributed by atoms with van der Waals surface area (Å²) in [5.41, 5.74) is 6.94. The first-order valence-corrected chi connectivity index (χ1v) is 6.39. The Morgan fingerprint density at radius 1 is 1.32 bits per heavy atom. The number of carbonyl (C=O) groups excluding carboxylic acids is 3. The molecule has 0 saturated carbocycles. The molecule has 6 heteroatoms. The van der Waals surface area contributed by atoms with Crippen LogP contribution in [0, 0.1) is 6.92 Å². The first-order chi connectivity index (χ1) is 8.97. The molecule has 1 aromatic rings. The lowest BCUT2D eigenvalue weighted by molar-refractivity contribution is -0.127. The maximum Gasteiger partial charge on any atom is 0.294 e. The third-order valence-corrected chi connectivity index (χ3v) is 3.47. The highest BCUT2D eigenvalue weighted by Gasteiger charge is 2.35. The zero-order chi connectivity index (χ0) is 14.0.